The van der Waals surface area contributed by atoms with E-state index in [0.717, 1.165) is 12.8 Å². The Bertz CT molecular complexity index is 419. The molecule has 1 aromatic heterocycles. The maximum absolute atomic E-state index is 11.5. The van der Waals surface area contributed by atoms with E-state index in [0.29, 0.717) is 5.56 Å². The van der Waals surface area contributed by atoms with Crippen molar-refractivity contribution in [3.05, 3.63) is 21.4 Å². The zero-order valence-corrected chi connectivity index (χ0v) is 9.47. The Balaban J connectivity index is 2.57. The van der Waals surface area contributed by atoms with Crippen molar-refractivity contribution in [1.82, 2.24) is 10.2 Å². The molecule has 6 heteroatoms. The highest BCUT2D eigenvalue weighted by atomic mass is 35.5. The number of carbonyl (C=O) groups excluding carboxylic acids is 1. The minimum Gasteiger partial charge on any atom is -0.465 e. The fraction of sp³-hybridized carbons (Fsp3) is 0.444. The number of hydrogen-bond acceptors (Lipinski definition) is 4. The van der Waals surface area contributed by atoms with Crippen LogP contribution in [0.1, 0.15) is 34.7 Å². The van der Waals surface area contributed by atoms with Gasteiger partial charge in [0.05, 0.1) is 7.11 Å². The van der Waals surface area contributed by atoms with Crippen LogP contribution >= 0.6 is 23.2 Å². The number of rotatable bonds is 2. The van der Waals surface area contributed by atoms with Gasteiger partial charge in [0.2, 0.25) is 0 Å². The second-order valence-electron chi connectivity index (χ2n) is 3.34. The average molecular weight is 247 g/mol. The molecule has 80 valence electrons. The van der Waals surface area contributed by atoms with Gasteiger partial charge in [-0.05, 0) is 18.8 Å². The van der Waals surface area contributed by atoms with Gasteiger partial charge in [0.25, 0.3) is 0 Å². The summed E-state index contributed by atoms with van der Waals surface area (Å²) in [5, 5.41) is 7.58. The number of methoxy groups -OCH3 is 1. The third kappa shape index (κ3) is 1.92. The first-order chi connectivity index (χ1) is 7.15. The second kappa shape index (κ2) is 3.94. The number of halogens is 2. The zero-order valence-electron chi connectivity index (χ0n) is 7.96. The van der Waals surface area contributed by atoms with E-state index in [1.165, 1.54) is 7.11 Å². The highest BCUT2D eigenvalue weighted by molar-refractivity contribution is 6.34. The van der Waals surface area contributed by atoms with Crippen molar-refractivity contribution in [2.45, 2.75) is 18.8 Å². The highest BCUT2D eigenvalue weighted by Crippen LogP contribution is 2.45. The zero-order chi connectivity index (χ0) is 11.0. The fourth-order valence-corrected chi connectivity index (χ4v) is 1.95. The lowest BCUT2D eigenvalue weighted by atomic mass is 10.1. The van der Waals surface area contributed by atoms with Gasteiger partial charge >= 0.3 is 5.97 Å². The SMILES string of the molecule is COC(=O)c1c(Cl)nnc(Cl)c1C1CC1. The minimum absolute atomic E-state index is 0.0492. The summed E-state index contributed by atoms with van der Waals surface area (Å²) < 4.78 is 4.64. The number of nitrogens with zero attached hydrogens (tertiary/aromatic N) is 2. The van der Waals surface area contributed by atoms with Crippen LogP contribution in [0, 0.1) is 0 Å². The Hall–Kier alpha value is -0.870. The van der Waals surface area contributed by atoms with Crippen LogP contribution in [0.4, 0.5) is 0 Å². The molecule has 1 aliphatic carbocycles. The Kier molecular flexibility index (Phi) is 2.80. The molecule has 1 saturated carbocycles. The summed E-state index contributed by atoms with van der Waals surface area (Å²) in [6.45, 7) is 0. The topological polar surface area (TPSA) is 52.1 Å². The van der Waals surface area contributed by atoms with Crippen LogP contribution in [0.15, 0.2) is 0 Å². The van der Waals surface area contributed by atoms with E-state index in [-0.39, 0.29) is 21.8 Å². The van der Waals surface area contributed by atoms with Crippen LogP contribution in [0.2, 0.25) is 10.3 Å². The molecule has 2 rings (SSSR count). The van der Waals surface area contributed by atoms with Crippen molar-refractivity contribution in [3.8, 4) is 0 Å². The highest BCUT2D eigenvalue weighted by Gasteiger charge is 2.33. The summed E-state index contributed by atoms with van der Waals surface area (Å²) in [6, 6.07) is 0. The van der Waals surface area contributed by atoms with Crippen molar-refractivity contribution >= 4 is 29.2 Å². The average Bonchev–Trinajstić information content (AvgIpc) is 3.03. The number of esters is 1. The van der Waals surface area contributed by atoms with E-state index >= 15 is 0 Å². The summed E-state index contributed by atoms with van der Waals surface area (Å²) in [5.41, 5.74) is 0.921. The van der Waals surface area contributed by atoms with Gasteiger partial charge in [-0.3, -0.25) is 0 Å². The van der Waals surface area contributed by atoms with Gasteiger partial charge in [0, 0.05) is 5.56 Å². The fourth-order valence-electron chi connectivity index (χ4n) is 1.45. The van der Waals surface area contributed by atoms with Crippen molar-refractivity contribution in [2.75, 3.05) is 7.11 Å². The molecule has 15 heavy (non-hydrogen) atoms. The number of ether oxygens (including phenoxy) is 1. The molecule has 1 aromatic rings. The van der Waals surface area contributed by atoms with Gasteiger partial charge in [-0.15, -0.1) is 10.2 Å². The van der Waals surface area contributed by atoms with Crippen LogP contribution in [-0.2, 0) is 4.74 Å². The molecule has 0 amide bonds. The summed E-state index contributed by atoms with van der Waals surface area (Å²) in [5.74, 6) is -0.252. The van der Waals surface area contributed by atoms with E-state index in [1.807, 2.05) is 0 Å². The molecular weight excluding hydrogens is 239 g/mol. The Morgan fingerprint density at radius 1 is 1.33 bits per heavy atom. The van der Waals surface area contributed by atoms with Crippen LogP contribution < -0.4 is 0 Å². The molecule has 0 bridgehead atoms. The van der Waals surface area contributed by atoms with Crippen LogP contribution in [0.3, 0.4) is 0 Å². The molecule has 0 aliphatic heterocycles. The number of aromatic nitrogens is 2. The lowest BCUT2D eigenvalue weighted by molar-refractivity contribution is 0.0599. The third-order valence-corrected chi connectivity index (χ3v) is 2.84. The van der Waals surface area contributed by atoms with Gasteiger partial charge in [0.15, 0.2) is 10.3 Å². The summed E-state index contributed by atoms with van der Waals surface area (Å²) in [7, 11) is 1.30. The first-order valence-corrected chi connectivity index (χ1v) is 5.20. The third-order valence-electron chi connectivity index (χ3n) is 2.30. The Morgan fingerprint density at radius 3 is 2.47 bits per heavy atom. The van der Waals surface area contributed by atoms with E-state index in [9.17, 15) is 4.79 Å². The summed E-state index contributed by atoms with van der Waals surface area (Å²) >= 11 is 11.7. The Morgan fingerprint density at radius 2 is 1.93 bits per heavy atom. The predicted octanol–water partition coefficient (Wildman–Crippen LogP) is 2.45. The molecule has 0 spiro atoms. The molecule has 4 nitrogen and oxygen atoms in total. The Labute approximate surface area is 96.5 Å². The molecule has 1 heterocycles. The van der Waals surface area contributed by atoms with E-state index < -0.39 is 5.97 Å². The summed E-state index contributed by atoms with van der Waals surface area (Å²) in [6.07, 6.45) is 1.98. The normalized spacial score (nSPS) is 15.1. The smallest absolute Gasteiger partial charge is 0.341 e. The first-order valence-electron chi connectivity index (χ1n) is 4.45. The van der Waals surface area contributed by atoms with Crippen molar-refractivity contribution in [3.63, 3.8) is 0 Å². The second-order valence-corrected chi connectivity index (χ2v) is 4.05. The van der Waals surface area contributed by atoms with Crippen LogP contribution in [0.25, 0.3) is 0 Å². The molecule has 0 unspecified atom stereocenters. The van der Waals surface area contributed by atoms with Crippen LogP contribution in [-0.4, -0.2) is 23.3 Å². The molecule has 1 aliphatic rings. The monoisotopic (exact) mass is 246 g/mol. The molecule has 0 saturated heterocycles. The number of carbonyl (C=O) groups is 1. The molecule has 0 N–H and O–H groups in total. The van der Waals surface area contributed by atoms with Gasteiger partial charge in [0.1, 0.15) is 5.56 Å². The molecule has 0 radical (unpaired) electrons. The summed E-state index contributed by atoms with van der Waals surface area (Å²) in [4.78, 5) is 11.5. The molecule has 1 fully saturated rings. The van der Waals surface area contributed by atoms with Gasteiger partial charge in [-0.1, -0.05) is 23.2 Å². The van der Waals surface area contributed by atoms with Gasteiger partial charge < -0.3 is 4.74 Å². The lowest BCUT2D eigenvalue weighted by Crippen LogP contribution is -2.09. The van der Waals surface area contributed by atoms with E-state index in [2.05, 4.69) is 14.9 Å². The largest absolute Gasteiger partial charge is 0.465 e. The number of hydrogen-bond donors (Lipinski definition) is 0. The predicted molar refractivity (Wildman–Crippen MR) is 55.4 cm³/mol. The minimum atomic E-state index is -0.515. The molecular formula is C9H8Cl2N2O2. The van der Waals surface area contributed by atoms with Gasteiger partial charge in [-0.2, -0.15) is 0 Å². The van der Waals surface area contributed by atoms with Crippen molar-refractivity contribution in [2.24, 2.45) is 0 Å². The maximum Gasteiger partial charge on any atom is 0.341 e. The van der Waals surface area contributed by atoms with E-state index in [1.54, 1.807) is 0 Å². The standard InChI is InChI=1S/C9H8Cl2N2O2/c1-15-9(14)6-5(4-2-3-4)7(10)12-13-8(6)11/h4H,2-3H2,1H3. The van der Waals surface area contributed by atoms with E-state index in [4.69, 9.17) is 23.2 Å². The van der Waals surface area contributed by atoms with Crippen LogP contribution in [0.5, 0.6) is 0 Å². The first kappa shape index (κ1) is 10.6. The molecule has 0 atom stereocenters. The lowest BCUT2D eigenvalue weighted by Gasteiger charge is -2.08. The van der Waals surface area contributed by atoms with Gasteiger partial charge in [-0.25, -0.2) is 4.79 Å². The maximum atomic E-state index is 11.5. The quantitative estimate of drug-likeness (QED) is 0.753. The van der Waals surface area contributed by atoms with Crippen molar-refractivity contribution < 1.29 is 9.53 Å². The van der Waals surface area contributed by atoms with Crippen molar-refractivity contribution in [1.29, 1.82) is 0 Å². The molecule has 0 aromatic carbocycles.